The molecule has 0 amide bonds. The third-order valence-electron chi connectivity index (χ3n) is 3.97. The van der Waals surface area contributed by atoms with Crippen molar-refractivity contribution in [2.45, 2.75) is 34.6 Å². The number of nitrogens with two attached hydrogens (primary N) is 1. The summed E-state index contributed by atoms with van der Waals surface area (Å²) in [6.45, 7) is 10.3. The molecular formula is C24H31N. The first-order chi connectivity index (χ1) is 12.2. The Balaban J connectivity index is 0.00000151. The van der Waals surface area contributed by atoms with E-state index in [1.807, 2.05) is 26.8 Å². The molecule has 0 saturated heterocycles. The van der Waals surface area contributed by atoms with E-state index in [-0.39, 0.29) is 0 Å². The maximum atomic E-state index is 6.28. The van der Waals surface area contributed by atoms with Crippen LogP contribution in [0.4, 0.5) is 0 Å². The first-order valence-electron chi connectivity index (χ1n) is 9.07. The summed E-state index contributed by atoms with van der Waals surface area (Å²) in [4.78, 5) is 0. The van der Waals surface area contributed by atoms with Crippen molar-refractivity contribution in [2.75, 3.05) is 0 Å². The minimum absolute atomic E-state index is 0.296. The highest BCUT2D eigenvalue weighted by Crippen LogP contribution is 2.22. The van der Waals surface area contributed by atoms with E-state index in [0.29, 0.717) is 5.92 Å². The molecule has 0 aliphatic rings. The zero-order valence-electron chi connectivity index (χ0n) is 16.2. The number of allylic oxidation sites excluding steroid dienone is 5. The molecule has 0 aromatic heterocycles. The van der Waals surface area contributed by atoms with Gasteiger partial charge in [0.05, 0.1) is 0 Å². The number of benzene rings is 2. The Morgan fingerprint density at radius 3 is 1.96 bits per heavy atom. The zero-order chi connectivity index (χ0) is 18.7. The van der Waals surface area contributed by atoms with Gasteiger partial charge in [-0.3, -0.25) is 0 Å². The van der Waals surface area contributed by atoms with Gasteiger partial charge in [-0.15, -0.1) is 0 Å². The molecule has 0 fully saturated rings. The molecular weight excluding hydrogens is 302 g/mol. The first-order valence-corrected chi connectivity index (χ1v) is 9.07. The molecule has 2 N–H and O–H groups in total. The van der Waals surface area contributed by atoms with Crippen molar-refractivity contribution in [1.29, 1.82) is 0 Å². The summed E-state index contributed by atoms with van der Waals surface area (Å²) in [5.41, 5.74) is 11.9. The van der Waals surface area contributed by atoms with Crippen LogP contribution in [0.1, 0.15) is 40.2 Å². The highest BCUT2D eigenvalue weighted by molar-refractivity contribution is 5.69. The molecule has 0 saturated carbocycles. The summed E-state index contributed by atoms with van der Waals surface area (Å²) in [7, 11) is 0. The fraction of sp³-hybridized carbons (Fsp3) is 0.250. The standard InChI is InChI=1S/C22H25N.C2H6/c1-4-9-18(5-2)17(3)16-22(23)21-14-12-20(13-15-21)19-10-7-6-8-11-19;1-2/h4-17H,23H2,1-3H3;1-2H3/b9-4-,18-5+,22-16-;. The van der Waals surface area contributed by atoms with Crippen LogP contribution in [0.5, 0.6) is 0 Å². The topological polar surface area (TPSA) is 26.0 Å². The molecule has 1 nitrogen and oxygen atoms in total. The minimum atomic E-state index is 0.296. The predicted molar refractivity (Wildman–Crippen MR) is 113 cm³/mol. The third kappa shape index (κ3) is 6.11. The Kier molecular flexibility index (Phi) is 9.10. The van der Waals surface area contributed by atoms with Gasteiger partial charge >= 0.3 is 0 Å². The summed E-state index contributed by atoms with van der Waals surface area (Å²) in [5.74, 6) is 0.296. The average Bonchev–Trinajstić information content (AvgIpc) is 2.68. The number of hydrogen-bond acceptors (Lipinski definition) is 1. The monoisotopic (exact) mass is 333 g/mol. The van der Waals surface area contributed by atoms with E-state index in [2.05, 4.69) is 86.7 Å². The van der Waals surface area contributed by atoms with Crippen LogP contribution >= 0.6 is 0 Å². The van der Waals surface area contributed by atoms with Crippen molar-refractivity contribution in [3.8, 4) is 11.1 Å². The van der Waals surface area contributed by atoms with Gasteiger partial charge in [0.15, 0.2) is 0 Å². The van der Waals surface area contributed by atoms with Crippen LogP contribution in [-0.2, 0) is 0 Å². The molecule has 132 valence electrons. The van der Waals surface area contributed by atoms with E-state index in [1.54, 1.807) is 0 Å². The van der Waals surface area contributed by atoms with E-state index >= 15 is 0 Å². The molecule has 2 aromatic carbocycles. The van der Waals surface area contributed by atoms with Gasteiger partial charge in [-0.1, -0.05) is 99.7 Å². The van der Waals surface area contributed by atoms with Crippen LogP contribution in [0.25, 0.3) is 16.8 Å². The van der Waals surface area contributed by atoms with Crippen LogP contribution < -0.4 is 5.73 Å². The second-order valence-electron chi connectivity index (χ2n) is 5.64. The molecule has 1 unspecified atom stereocenters. The van der Waals surface area contributed by atoms with Gasteiger partial charge < -0.3 is 5.73 Å². The van der Waals surface area contributed by atoms with Crippen LogP contribution in [0.2, 0.25) is 0 Å². The van der Waals surface area contributed by atoms with Crippen molar-refractivity contribution >= 4 is 5.70 Å². The normalized spacial score (nSPS) is 13.3. The van der Waals surface area contributed by atoms with E-state index in [9.17, 15) is 0 Å². The first kappa shape index (κ1) is 20.5. The Morgan fingerprint density at radius 2 is 1.44 bits per heavy atom. The van der Waals surface area contributed by atoms with Gasteiger partial charge in [0.25, 0.3) is 0 Å². The highest BCUT2D eigenvalue weighted by Gasteiger charge is 2.05. The van der Waals surface area contributed by atoms with Crippen LogP contribution in [0.3, 0.4) is 0 Å². The third-order valence-corrected chi connectivity index (χ3v) is 3.97. The Morgan fingerprint density at radius 1 is 0.880 bits per heavy atom. The summed E-state index contributed by atoms with van der Waals surface area (Å²) in [6.07, 6.45) is 8.44. The van der Waals surface area contributed by atoms with Gasteiger partial charge in [-0.2, -0.15) is 0 Å². The molecule has 0 radical (unpaired) electrons. The van der Waals surface area contributed by atoms with Gasteiger partial charge in [-0.25, -0.2) is 0 Å². The molecule has 0 bridgehead atoms. The fourth-order valence-electron chi connectivity index (χ4n) is 2.65. The molecule has 25 heavy (non-hydrogen) atoms. The van der Waals surface area contributed by atoms with Gasteiger partial charge in [0.1, 0.15) is 0 Å². The van der Waals surface area contributed by atoms with Crippen LogP contribution in [0.15, 0.2) is 84.5 Å². The second kappa shape index (κ2) is 11.1. The molecule has 2 rings (SSSR count). The van der Waals surface area contributed by atoms with Gasteiger partial charge in [0.2, 0.25) is 0 Å². The summed E-state index contributed by atoms with van der Waals surface area (Å²) in [6, 6.07) is 18.8. The lowest BCUT2D eigenvalue weighted by Crippen LogP contribution is -2.01. The van der Waals surface area contributed by atoms with E-state index in [1.165, 1.54) is 16.7 Å². The van der Waals surface area contributed by atoms with Gasteiger partial charge in [0, 0.05) is 11.6 Å². The van der Waals surface area contributed by atoms with Crippen molar-refractivity contribution in [3.63, 3.8) is 0 Å². The second-order valence-corrected chi connectivity index (χ2v) is 5.64. The summed E-state index contributed by atoms with van der Waals surface area (Å²) < 4.78 is 0. The van der Waals surface area contributed by atoms with E-state index in [0.717, 1.165) is 11.3 Å². The molecule has 0 aliphatic carbocycles. The lowest BCUT2D eigenvalue weighted by Gasteiger charge is -2.11. The average molecular weight is 334 g/mol. The molecule has 2 aromatic rings. The minimum Gasteiger partial charge on any atom is -0.398 e. The van der Waals surface area contributed by atoms with Gasteiger partial charge in [-0.05, 0) is 36.1 Å². The Bertz CT molecular complexity index is 704. The van der Waals surface area contributed by atoms with Crippen molar-refractivity contribution in [1.82, 2.24) is 0 Å². The maximum Gasteiger partial charge on any atom is 0.0353 e. The molecule has 0 heterocycles. The number of hydrogen-bond donors (Lipinski definition) is 1. The maximum absolute atomic E-state index is 6.28. The molecule has 0 aliphatic heterocycles. The summed E-state index contributed by atoms with van der Waals surface area (Å²) in [5, 5.41) is 0. The lowest BCUT2D eigenvalue weighted by atomic mass is 9.97. The molecule has 1 atom stereocenters. The Labute approximate surface area is 153 Å². The highest BCUT2D eigenvalue weighted by atomic mass is 14.6. The fourth-order valence-corrected chi connectivity index (χ4v) is 2.65. The van der Waals surface area contributed by atoms with Crippen LogP contribution in [0, 0.1) is 5.92 Å². The van der Waals surface area contributed by atoms with E-state index in [4.69, 9.17) is 5.73 Å². The van der Waals surface area contributed by atoms with Crippen molar-refractivity contribution in [2.24, 2.45) is 11.7 Å². The largest absolute Gasteiger partial charge is 0.398 e. The smallest absolute Gasteiger partial charge is 0.0353 e. The lowest BCUT2D eigenvalue weighted by molar-refractivity contribution is 0.887. The summed E-state index contributed by atoms with van der Waals surface area (Å²) >= 11 is 0. The number of rotatable bonds is 5. The zero-order valence-corrected chi connectivity index (χ0v) is 16.2. The predicted octanol–water partition coefficient (Wildman–Crippen LogP) is 6.84. The Hall–Kier alpha value is -2.54. The van der Waals surface area contributed by atoms with Crippen LogP contribution in [-0.4, -0.2) is 0 Å². The quantitative estimate of drug-likeness (QED) is 0.596. The van der Waals surface area contributed by atoms with E-state index < -0.39 is 0 Å². The van der Waals surface area contributed by atoms with Crippen molar-refractivity contribution in [3.05, 3.63) is 90.0 Å². The SMILES string of the molecule is C/C=C\C(=C/C)C(C)/C=C(\N)c1ccc(-c2ccccc2)cc1.CC. The van der Waals surface area contributed by atoms with Crippen molar-refractivity contribution < 1.29 is 0 Å². The molecule has 1 heteroatoms. The molecule has 0 spiro atoms.